The van der Waals surface area contributed by atoms with E-state index in [0.29, 0.717) is 6.54 Å². The Morgan fingerprint density at radius 2 is 2.17 bits per heavy atom. The van der Waals surface area contributed by atoms with Crippen LogP contribution in [0, 0.1) is 6.92 Å². The van der Waals surface area contributed by atoms with Gasteiger partial charge in [0.2, 0.25) is 0 Å². The van der Waals surface area contributed by atoms with Crippen LogP contribution in [0.1, 0.15) is 25.6 Å². The Balaban J connectivity index is 1.49. The number of aromatic nitrogens is 2. The summed E-state index contributed by atoms with van der Waals surface area (Å²) in [6, 6.07) is 7.34. The second kappa shape index (κ2) is 7.16. The molecule has 0 bridgehead atoms. The van der Waals surface area contributed by atoms with Crippen molar-refractivity contribution in [3.63, 3.8) is 0 Å². The van der Waals surface area contributed by atoms with Gasteiger partial charge in [-0.05, 0) is 37.6 Å². The fourth-order valence-electron chi connectivity index (χ4n) is 2.54. The number of carbonyl (C=O) groups is 1. The summed E-state index contributed by atoms with van der Waals surface area (Å²) in [6.45, 7) is 4.42. The molecule has 24 heavy (non-hydrogen) atoms. The number of hydrogen-bond acceptors (Lipinski definition) is 4. The van der Waals surface area contributed by atoms with Crippen molar-refractivity contribution in [2.75, 3.05) is 11.9 Å². The minimum Gasteiger partial charge on any atom is -0.390 e. The highest BCUT2D eigenvalue weighted by Crippen LogP contribution is 2.15. The summed E-state index contributed by atoms with van der Waals surface area (Å²) in [5.74, 6) is 0.915. The van der Waals surface area contributed by atoms with E-state index >= 15 is 0 Å². The summed E-state index contributed by atoms with van der Waals surface area (Å²) < 4.78 is 1.98. The summed E-state index contributed by atoms with van der Waals surface area (Å²) >= 11 is 0. The fourth-order valence-corrected chi connectivity index (χ4v) is 2.54. The van der Waals surface area contributed by atoms with Crippen molar-refractivity contribution in [3.8, 4) is 5.69 Å². The molecule has 2 heterocycles. The Kier molecular flexibility index (Phi) is 4.79. The first-order chi connectivity index (χ1) is 11.7. The van der Waals surface area contributed by atoms with E-state index < -0.39 is 0 Å². The molecule has 1 atom stereocenters. The monoisotopic (exact) mass is 327 g/mol. The largest absolute Gasteiger partial charge is 0.390 e. The molecule has 1 aromatic carbocycles. The predicted molar refractivity (Wildman–Crippen MR) is 92.5 cm³/mol. The number of nitrogens with zero attached hydrogens (tertiary/aromatic N) is 3. The van der Waals surface area contributed by atoms with Gasteiger partial charge in [-0.2, -0.15) is 0 Å². The number of amides is 2. The Hall–Kier alpha value is -2.83. The molecule has 0 saturated carbocycles. The third-order valence-electron chi connectivity index (χ3n) is 3.92. The second-order valence-electron chi connectivity index (χ2n) is 5.67. The van der Waals surface area contributed by atoms with E-state index in [1.54, 1.807) is 6.20 Å². The van der Waals surface area contributed by atoms with Gasteiger partial charge in [-0.1, -0.05) is 12.1 Å². The minimum absolute atomic E-state index is 0.0720. The molecule has 2 amide bonds. The van der Waals surface area contributed by atoms with Crippen molar-refractivity contribution in [2.45, 2.75) is 32.8 Å². The van der Waals surface area contributed by atoms with E-state index in [9.17, 15) is 4.79 Å². The molecule has 0 aliphatic carbocycles. The highest BCUT2D eigenvalue weighted by Gasteiger charge is 2.20. The topological polar surface area (TPSA) is 80.5 Å². The lowest BCUT2D eigenvalue weighted by atomic mass is 10.1. The third-order valence-corrected chi connectivity index (χ3v) is 3.92. The first-order valence-electron chi connectivity index (χ1n) is 8.02. The number of nitrogens with one attached hydrogen (secondary N) is 2. The van der Waals surface area contributed by atoms with Gasteiger partial charge in [0.05, 0.1) is 12.3 Å². The molecule has 0 fully saturated rings. The van der Waals surface area contributed by atoms with Gasteiger partial charge in [0, 0.05) is 30.2 Å². The van der Waals surface area contributed by atoms with Crippen molar-refractivity contribution >= 4 is 17.4 Å². The van der Waals surface area contributed by atoms with Gasteiger partial charge in [-0.15, -0.1) is 0 Å². The van der Waals surface area contributed by atoms with Gasteiger partial charge in [-0.3, -0.25) is 0 Å². The van der Waals surface area contributed by atoms with Crippen molar-refractivity contribution in [1.29, 1.82) is 0 Å². The molecule has 2 aromatic rings. The maximum Gasteiger partial charge on any atom is 0.319 e. The number of urea groups is 1. The molecule has 2 N–H and O–H groups in total. The van der Waals surface area contributed by atoms with Gasteiger partial charge >= 0.3 is 6.03 Å². The van der Waals surface area contributed by atoms with Crippen molar-refractivity contribution in [1.82, 2.24) is 14.9 Å². The molecule has 126 valence electrons. The first-order valence-corrected chi connectivity index (χ1v) is 8.02. The summed E-state index contributed by atoms with van der Waals surface area (Å²) in [4.78, 5) is 21.4. The van der Waals surface area contributed by atoms with Crippen LogP contribution in [-0.2, 0) is 4.84 Å². The molecule has 3 rings (SSSR count). The highest BCUT2D eigenvalue weighted by molar-refractivity contribution is 5.89. The standard InChI is InChI=1S/C17H21N5O2/c1-3-13-10-16(24-21-13)11-19-17(23)20-14-4-6-15(7-5-14)22-9-8-18-12(22)2/h4-9,16H,3,10-11H2,1-2H3,(H2,19,20,23)/t16-/m0/s1. The number of hydrogen-bond donors (Lipinski definition) is 2. The Morgan fingerprint density at radius 1 is 1.38 bits per heavy atom. The number of imidazole rings is 1. The van der Waals surface area contributed by atoms with E-state index in [1.165, 1.54) is 0 Å². The predicted octanol–water partition coefficient (Wildman–Crippen LogP) is 2.86. The quantitative estimate of drug-likeness (QED) is 0.886. The van der Waals surface area contributed by atoms with E-state index in [-0.39, 0.29) is 12.1 Å². The van der Waals surface area contributed by atoms with Crippen LogP contribution >= 0.6 is 0 Å². The zero-order valence-corrected chi connectivity index (χ0v) is 13.8. The summed E-state index contributed by atoms with van der Waals surface area (Å²) in [6.07, 6.45) is 5.24. The van der Waals surface area contributed by atoms with Gasteiger partial charge in [0.25, 0.3) is 0 Å². The van der Waals surface area contributed by atoms with E-state index in [1.807, 2.05) is 48.9 Å². The summed E-state index contributed by atoms with van der Waals surface area (Å²) in [5, 5.41) is 9.59. The van der Waals surface area contributed by atoms with Gasteiger partial charge < -0.3 is 20.0 Å². The average molecular weight is 327 g/mol. The Morgan fingerprint density at radius 3 is 2.79 bits per heavy atom. The van der Waals surface area contributed by atoms with Crippen LogP contribution in [0.5, 0.6) is 0 Å². The molecular formula is C17H21N5O2. The maximum absolute atomic E-state index is 12.0. The Bertz CT molecular complexity index is 736. The molecule has 0 spiro atoms. The maximum atomic E-state index is 12.0. The van der Waals surface area contributed by atoms with Crippen LogP contribution in [0.2, 0.25) is 0 Å². The van der Waals surface area contributed by atoms with Gasteiger partial charge in [0.1, 0.15) is 11.9 Å². The molecular weight excluding hydrogens is 306 g/mol. The molecule has 1 aliphatic heterocycles. The Labute approximate surface area is 140 Å². The SMILES string of the molecule is CCC1=NO[C@H](CNC(=O)Nc2ccc(-n3ccnc3C)cc2)C1. The zero-order chi connectivity index (χ0) is 16.9. The average Bonchev–Trinajstić information content (AvgIpc) is 3.22. The number of anilines is 1. The molecule has 7 heteroatoms. The number of benzene rings is 1. The summed E-state index contributed by atoms with van der Waals surface area (Å²) in [5.41, 5.74) is 2.76. The van der Waals surface area contributed by atoms with Crippen molar-refractivity contribution in [3.05, 3.63) is 42.5 Å². The zero-order valence-electron chi connectivity index (χ0n) is 13.8. The van der Waals surface area contributed by atoms with Crippen LogP contribution in [0.25, 0.3) is 5.69 Å². The van der Waals surface area contributed by atoms with Gasteiger partial charge in [-0.25, -0.2) is 9.78 Å². The van der Waals surface area contributed by atoms with Gasteiger partial charge in [0.15, 0.2) is 0 Å². The highest BCUT2D eigenvalue weighted by atomic mass is 16.6. The molecule has 7 nitrogen and oxygen atoms in total. The third kappa shape index (κ3) is 3.73. The van der Waals surface area contributed by atoms with E-state index in [4.69, 9.17) is 4.84 Å². The molecule has 0 unspecified atom stereocenters. The van der Waals surface area contributed by atoms with Crippen LogP contribution in [0.4, 0.5) is 10.5 Å². The van der Waals surface area contributed by atoms with E-state index in [0.717, 1.165) is 35.8 Å². The lowest BCUT2D eigenvalue weighted by molar-refractivity contribution is 0.0870. The molecule has 1 aromatic heterocycles. The van der Waals surface area contributed by atoms with Crippen LogP contribution in [0.15, 0.2) is 41.8 Å². The molecule has 1 aliphatic rings. The smallest absolute Gasteiger partial charge is 0.319 e. The number of rotatable bonds is 5. The number of aryl methyl sites for hydroxylation is 1. The van der Waals surface area contributed by atoms with Crippen LogP contribution in [0.3, 0.4) is 0 Å². The number of carbonyl (C=O) groups excluding carboxylic acids is 1. The first kappa shape index (κ1) is 16.0. The fraction of sp³-hybridized carbons (Fsp3) is 0.353. The minimum atomic E-state index is -0.255. The summed E-state index contributed by atoms with van der Waals surface area (Å²) in [7, 11) is 0. The lowest BCUT2D eigenvalue weighted by Crippen LogP contribution is -2.35. The number of oxime groups is 1. The van der Waals surface area contributed by atoms with E-state index in [2.05, 4.69) is 20.8 Å². The molecule has 0 radical (unpaired) electrons. The van der Waals surface area contributed by atoms with Crippen LogP contribution in [-0.4, -0.2) is 33.9 Å². The van der Waals surface area contributed by atoms with Crippen molar-refractivity contribution in [2.24, 2.45) is 5.16 Å². The van der Waals surface area contributed by atoms with Crippen LogP contribution < -0.4 is 10.6 Å². The normalized spacial score (nSPS) is 16.4. The second-order valence-corrected chi connectivity index (χ2v) is 5.67. The lowest BCUT2D eigenvalue weighted by Gasteiger charge is -2.11. The van der Waals surface area contributed by atoms with Crippen molar-refractivity contribution < 1.29 is 9.63 Å². The molecule has 0 saturated heterocycles.